The number of aryl methyl sites for hydroxylation is 2. The Morgan fingerprint density at radius 3 is 2.42 bits per heavy atom. The van der Waals surface area contributed by atoms with Crippen molar-refractivity contribution < 1.29 is 22.7 Å². The molecular formula is C24H23N3O5S. The molecule has 1 heterocycles. The molecule has 3 amide bonds. The summed E-state index contributed by atoms with van der Waals surface area (Å²) in [5.74, 6) is -0.0196. The summed E-state index contributed by atoms with van der Waals surface area (Å²) >= 11 is 0. The lowest BCUT2D eigenvalue weighted by Crippen LogP contribution is -2.53. The Kier molecular flexibility index (Phi) is 5.82. The second-order valence-corrected chi connectivity index (χ2v) is 9.45. The molecule has 0 saturated heterocycles. The molecule has 0 aliphatic carbocycles. The average Bonchev–Trinajstić information content (AvgIpc) is 2.77. The zero-order chi connectivity index (χ0) is 23.8. The largest absolute Gasteiger partial charge is 0.495 e. The highest BCUT2D eigenvalue weighted by Gasteiger charge is 2.43. The second-order valence-electron chi connectivity index (χ2n) is 7.70. The van der Waals surface area contributed by atoms with E-state index in [1.807, 2.05) is 13.0 Å². The number of ether oxygens (including phenoxy) is 1. The number of hydrogen-bond acceptors (Lipinski definition) is 5. The minimum absolute atomic E-state index is 0.0490. The van der Waals surface area contributed by atoms with Gasteiger partial charge in [-0.1, -0.05) is 30.3 Å². The van der Waals surface area contributed by atoms with Gasteiger partial charge in [0.1, 0.15) is 17.2 Å². The number of rotatable bonds is 5. The molecule has 0 spiro atoms. The number of carbonyl (C=O) groups excluding carboxylic acids is 2. The standard InChI is InChI=1S/C24H23N3O5S/c1-16-7-6-8-18(13-16)27-24(29)26(20-9-4-5-10-22(20)33(27,30)31)15-23(28)25-19-14-17(2)11-12-21(19)32-3/h4-14H,15H2,1-3H3,(H,25,28). The van der Waals surface area contributed by atoms with Crippen LogP contribution in [0, 0.1) is 13.8 Å². The molecule has 33 heavy (non-hydrogen) atoms. The molecule has 3 aromatic carbocycles. The minimum atomic E-state index is -4.16. The van der Waals surface area contributed by atoms with Crippen LogP contribution >= 0.6 is 0 Å². The Hall–Kier alpha value is -3.85. The van der Waals surface area contributed by atoms with Crippen molar-refractivity contribution in [2.45, 2.75) is 18.7 Å². The van der Waals surface area contributed by atoms with Gasteiger partial charge in [-0.05, 0) is 61.4 Å². The Bertz CT molecular complexity index is 1350. The number of methoxy groups -OCH3 is 1. The van der Waals surface area contributed by atoms with Gasteiger partial charge < -0.3 is 10.1 Å². The van der Waals surface area contributed by atoms with E-state index in [9.17, 15) is 18.0 Å². The number of hydrogen-bond donors (Lipinski definition) is 1. The predicted octanol–water partition coefficient (Wildman–Crippen LogP) is 4.09. The van der Waals surface area contributed by atoms with Gasteiger partial charge >= 0.3 is 6.03 Å². The summed E-state index contributed by atoms with van der Waals surface area (Å²) in [6.45, 7) is 3.30. The fourth-order valence-electron chi connectivity index (χ4n) is 3.72. The van der Waals surface area contributed by atoms with Crippen molar-refractivity contribution in [1.82, 2.24) is 0 Å². The summed E-state index contributed by atoms with van der Waals surface area (Å²) in [5, 5.41) is 2.76. The predicted molar refractivity (Wildman–Crippen MR) is 126 cm³/mol. The highest BCUT2D eigenvalue weighted by atomic mass is 32.2. The molecule has 1 N–H and O–H groups in total. The summed E-state index contributed by atoms with van der Waals surface area (Å²) in [6, 6.07) is 17.3. The maximum atomic E-state index is 13.4. The van der Waals surface area contributed by atoms with Crippen LogP contribution in [0.15, 0.2) is 71.6 Å². The van der Waals surface area contributed by atoms with Crippen molar-refractivity contribution in [3.8, 4) is 5.75 Å². The van der Waals surface area contributed by atoms with E-state index >= 15 is 0 Å². The van der Waals surface area contributed by atoms with Gasteiger partial charge in [-0.25, -0.2) is 13.2 Å². The van der Waals surface area contributed by atoms with Gasteiger partial charge in [-0.3, -0.25) is 9.69 Å². The van der Waals surface area contributed by atoms with E-state index in [1.54, 1.807) is 55.5 Å². The normalized spacial score (nSPS) is 14.6. The van der Waals surface area contributed by atoms with Gasteiger partial charge in [0.15, 0.2) is 0 Å². The van der Waals surface area contributed by atoms with Crippen LogP contribution in [0.5, 0.6) is 5.75 Å². The number of urea groups is 1. The number of para-hydroxylation sites is 1. The summed E-state index contributed by atoms with van der Waals surface area (Å²) in [7, 11) is -2.66. The van der Waals surface area contributed by atoms with Crippen LogP contribution in [-0.4, -0.2) is 34.0 Å². The third-order valence-corrected chi connectivity index (χ3v) is 6.99. The monoisotopic (exact) mass is 465 g/mol. The van der Waals surface area contributed by atoms with Crippen LogP contribution in [0.2, 0.25) is 0 Å². The third-order valence-electron chi connectivity index (χ3n) is 5.25. The van der Waals surface area contributed by atoms with Gasteiger partial charge in [-0.2, -0.15) is 4.31 Å². The molecule has 170 valence electrons. The topological polar surface area (TPSA) is 96.0 Å². The van der Waals surface area contributed by atoms with Crippen LogP contribution in [0.3, 0.4) is 0 Å². The number of carbonyl (C=O) groups is 2. The molecule has 8 nitrogen and oxygen atoms in total. The summed E-state index contributed by atoms with van der Waals surface area (Å²) < 4.78 is 32.7. The van der Waals surface area contributed by atoms with E-state index in [1.165, 1.54) is 19.2 Å². The number of fused-ring (bicyclic) bond motifs is 1. The molecule has 1 aliphatic rings. The summed E-state index contributed by atoms with van der Waals surface area (Å²) in [5.41, 5.74) is 2.54. The highest BCUT2D eigenvalue weighted by Crippen LogP contribution is 2.37. The first-order valence-electron chi connectivity index (χ1n) is 10.2. The molecule has 0 bridgehead atoms. The van der Waals surface area contributed by atoms with Gasteiger partial charge in [0.25, 0.3) is 10.0 Å². The Labute approximate surface area is 192 Å². The fourth-order valence-corrected chi connectivity index (χ4v) is 5.31. The minimum Gasteiger partial charge on any atom is -0.495 e. The van der Waals surface area contributed by atoms with E-state index in [2.05, 4.69) is 5.32 Å². The summed E-state index contributed by atoms with van der Waals surface area (Å²) in [4.78, 5) is 27.5. The molecule has 9 heteroatoms. The number of nitrogens with zero attached hydrogens (tertiary/aromatic N) is 2. The van der Waals surface area contributed by atoms with E-state index in [0.29, 0.717) is 11.4 Å². The highest BCUT2D eigenvalue weighted by molar-refractivity contribution is 7.94. The second kappa shape index (κ2) is 8.59. The fraction of sp³-hybridized carbons (Fsp3) is 0.167. The maximum Gasteiger partial charge on any atom is 0.343 e. The molecule has 1 aliphatic heterocycles. The number of nitrogens with one attached hydrogen (secondary N) is 1. The van der Waals surface area contributed by atoms with Crippen molar-refractivity contribution in [3.05, 3.63) is 77.9 Å². The van der Waals surface area contributed by atoms with E-state index in [4.69, 9.17) is 4.74 Å². The quantitative estimate of drug-likeness (QED) is 0.612. The van der Waals surface area contributed by atoms with Crippen molar-refractivity contribution in [2.75, 3.05) is 28.2 Å². The van der Waals surface area contributed by atoms with Gasteiger partial charge in [0, 0.05) is 0 Å². The Morgan fingerprint density at radius 2 is 1.70 bits per heavy atom. The Morgan fingerprint density at radius 1 is 0.970 bits per heavy atom. The third kappa shape index (κ3) is 4.14. The van der Waals surface area contributed by atoms with E-state index < -0.39 is 22.0 Å². The molecule has 0 saturated carbocycles. The first-order chi connectivity index (χ1) is 15.7. The molecular weight excluding hydrogens is 442 g/mol. The first kappa shape index (κ1) is 22.3. The molecule has 0 unspecified atom stereocenters. The van der Waals surface area contributed by atoms with Gasteiger partial charge in [0.2, 0.25) is 5.91 Å². The molecule has 3 aromatic rings. The zero-order valence-corrected chi connectivity index (χ0v) is 19.2. The molecule has 4 rings (SSSR count). The zero-order valence-electron chi connectivity index (χ0n) is 18.4. The molecule has 0 radical (unpaired) electrons. The van der Waals surface area contributed by atoms with Crippen LogP contribution in [0.1, 0.15) is 11.1 Å². The van der Waals surface area contributed by atoms with Crippen molar-refractivity contribution in [1.29, 1.82) is 0 Å². The number of benzene rings is 3. The van der Waals surface area contributed by atoms with Gasteiger partial charge in [-0.15, -0.1) is 0 Å². The van der Waals surface area contributed by atoms with E-state index in [-0.39, 0.29) is 22.8 Å². The number of sulfonamides is 1. The van der Waals surface area contributed by atoms with E-state index in [0.717, 1.165) is 20.3 Å². The van der Waals surface area contributed by atoms with Crippen molar-refractivity contribution >= 4 is 39.0 Å². The smallest absolute Gasteiger partial charge is 0.343 e. The molecule has 0 fully saturated rings. The lowest BCUT2D eigenvalue weighted by atomic mass is 10.2. The van der Waals surface area contributed by atoms with Crippen LogP contribution in [-0.2, 0) is 14.8 Å². The average molecular weight is 466 g/mol. The van der Waals surface area contributed by atoms with Crippen LogP contribution < -0.4 is 19.3 Å². The van der Waals surface area contributed by atoms with Crippen LogP contribution in [0.25, 0.3) is 0 Å². The SMILES string of the molecule is COc1ccc(C)cc1NC(=O)CN1C(=O)N(c2cccc(C)c2)S(=O)(=O)c2ccccc21. The van der Waals surface area contributed by atoms with Crippen LogP contribution in [0.4, 0.5) is 21.9 Å². The first-order valence-corrected chi connectivity index (χ1v) is 11.6. The molecule has 0 aromatic heterocycles. The molecule has 0 atom stereocenters. The van der Waals surface area contributed by atoms with Crippen molar-refractivity contribution in [2.24, 2.45) is 0 Å². The van der Waals surface area contributed by atoms with Gasteiger partial charge in [0.05, 0.1) is 24.2 Å². The maximum absolute atomic E-state index is 13.4. The lowest BCUT2D eigenvalue weighted by Gasteiger charge is -2.36. The number of anilines is 3. The number of amides is 3. The summed E-state index contributed by atoms with van der Waals surface area (Å²) in [6.07, 6.45) is 0. The van der Waals surface area contributed by atoms with Crippen molar-refractivity contribution in [3.63, 3.8) is 0 Å². The lowest BCUT2D eigenvalue weighted by molar-refractivity contribution is -0.114. The Balaban J connectivity index is 1.72.